The van der Waals surface area contributed by atoms with E-state index < -0.39 is 0 Å². The molecule has 0 aliphatic carbocycles. The molecule has 7 nitrogen and oxygen atoms in total. The van der Waals surface area contributed by atoms with Crippen molar-refractivity contribution in [3.8, 4) is 11.8 Å². The average Bonchev–Trinajstić information content (AvgIpc) is 2.72. The Balaban J connectivity index is 1.51. The van der Waals surface area contributed by atoms with Gasteiger partial charge < -0.3 is 14.5 Å². The smallest absolute Gasteiger partial charge is 0.226 e. The van der Waals surface area contributed by atoms with Gasteiger partial charge in [0.25, 0.3) is 0 Å². The van der Waals surface area contributed by atoms with Crippen LogP contribution in [0, 0.1) is 18.3 Å². The van der Waals surface area contributed by atoms with Crippen molar-refractivity contribution in [3.63, 3.8) is 0 Å². The van der Waals surface area contributed by atoms with E-state index in [1.165, 1.54) is 0 Å². The Bertz CT molecular complexity index is 836. The number of rotatable bonds is 5. The molecule has 140 valence electrons. The van der Waals surface area contributed by atoms with Crippen molar-refractivity contribution < 1.29 is 9.53 Å². The normalized spacial score (nSPS) is 14.0. The molecule has 0 spiro atoms. The Labute approximate surface area is 159 Å². The van der Waals surface area contributed by atoms with Crippen LogP contribution >= 0.6 is 0 Å². The van der Waals surface area contributed by atoms with Gasteiger partial charge in [-0.1, -0.05) is 12.1 Å². The number of piperazine rings is 1. The van der Waals surface area contributed by atoms with Crippen LogP contribution in [-0.2, 0) is 11.2 Å². The zero-order valence-corrected chi connectivity index (χ0v) is 15.7. The summed E-state index contributed by atoms with van der Waals surface area (Å²) in [5.41, 5.74) is 2.27. The third-order valence-corrected chi connectivity index (χ3v) is 4.66. The lowest BCUT2D eigenvalue weighted by molar-refractivity contribution is -0.131. The number of hydrogen-bond donors (Lipinski definition) is 0. The monoisotopic (exact) mass is 365 g/mol. The second-order valence-electron chi connectivity index (χ2n) is 6.52. The van der Waals surface area contributed by atoms with Crippen molar-refractivity contribution in [1.82, 2.24) is 14.9 Å². The van der Waals surface area contributed by atoms with Crippen molar-refractivity contribution in [2.45, 2.75) is 19.8 Å². The van der Waals surface area contributed by atoms with E-state index in [1.807, 2.05) is 41.0 Å². The molecule has 0 atom stereocenters. The summed E-state index contributed by atoms with van der Waals surface area (Å²) in [4.78, 5) is 25.1. The quantitative estimate of drug-likeness (QED) is 0.805. The van der Waals surface area contributed by atoms with Crippen LogP contribution in [0.4, 0.5) is 5.95 Å². The maximum absolute atomic E-state index is 12.5. The zero-order valence-electron chi connectivity index (χ0n) is 15.7. The van der Waals surface area contributed by atoms with E-state index in [0.717, 1.165) is 23.4 Å². The van der Waals surface area contributed by atoms with Gasteiger partial charge in [-0.05, 0) is 37.1 Å². The van der Waals surface area contributed by atoms with Gasteiger partial charge in [-0.3, -0.25) is 4.79 Å². The number of benzene rings is 1. The first-order valence-corrected chi connectivity index (χ1v) is 9.00. The van der Waals surface area contributed by atoms with Crippen molar-refractivity contribution >= 4 is 11.9 Å². The van der Waals surface area contributed by atoms with Gasteiger partial charge in [-0.25, -0.2) is 9.97 Å². The molecule has 0 unspecified atom stereocenters. The molecule has 2 aromatic rings. The third-order valence-electron chi connectivity index (χ3n) is 4.66. The molecule has 1 fully saturated rings. The van der Waals surface area contributed by atoms with Gasteiger partial charge >= 0.3 is 0 Å². The molecule has 0 N–H and O–H groups in total. The molecule has 2 heterocycles. The van der Waals surface area contributed by atoms with Crippen molar-refractivity contribution in [2.75, 3.05) is 38.2 Å². The summed E-state index contributed by atoms with van der Waals surface area (Å²) in [5.74, 6) is 1.55. The lowest BCUT2D eigenvalue weighted by Crippen LogP contribution is -2.49. The molecule has 27 heavy (non-hydrogen) atoms. The van der Waals surface area contributed by atoms with Crippen LogP contribution in [0.5, 0.6) is 5.75 Å². The SMILES string of the molecule is COc1ccc(CCC(=O)N2CCN(c3nc(C)cc(C#N)n3)CC2)cc1. The molecular formula is C20H23N5O2. The number of carbonyl (C=O) groups is 1. The number of aryl methyl sites for hydroxylation is 2. The highest BCUT2D eigenvalue weighted by atomic mass is 16.5. The summed E-state index contributed by atoms with van der Waals surface area (Å²) >= 11 is 0. The molecule has 1 saturated heterocycles. The second kappa shape index (κ2) is 8.49. The van der Waals surface area contributed by atoms with Crippen molar-refractivity contribution in [1.29, 1.82) is 5.26 Å². The molecule has 1 aromatic carbocycles. The summed E-state index contributed by atoms with van der Waals surface area (Å²) in [6, 6.07) is 11.5. The van der Waals surface area contributed by atoms with Crippen molar-refractivity contribution in [3.05, 3.63) is 47.3 Å². The Hall–Kier alpha value is -3.14. The van der Waals surface area contributed by atoms with Gasteiger partial charge in [0.2, 0.25) is 11.9 Å². The van der Waals surface area contributed by atoms with Gasteiger partial charge in [0.05, 0.1) is 7.11 Å². The molecule has 1 aliphatic rings. The summed E-state index contributed by atoms with van der Waals surface area (Å²) in [7, 11) is 1.64. The fourth-order valence-electron chi connectivity index (χ4n) is 3.11. The fraction of sp³-hybridized carbons (Fsp3) is 0.400. The molecule has 0 bridgehead atoms. The number of aromatic nitrogens is 2. The highest BCUT2D eigenvalue weighted by Crippen LogP contribution is 2.15. The largest absolute Gasteiger partial charge is 0.497 e. The van der Waals surface area contributed by atoms with Crippen LogP contribution in [0.25, 0.3) is 0 Å². The first-order valence-electron chi connectivity index (χ1n) is 9.00. The maximum Gasteiger partial charge on any atom is 0.226 e. The number of carbonyl (C=O) groups excluding carboxylic acids is 1. The Morgan fingerprint density at radius 3 is 2.52 bits per heavy atom. The number of amides is 1. The summed E-state index contributed by atoms with van der Waals surface area (Å²) < 4.78 is 5.15. The van der Waals surface area contributed by atoms with Gasteiger partial charge in [0, 0.05) is 38.3 Å². The average molecular weight is 365 g/mol. The fourth-order valence-corrected chi connectivity index (χ4v) is 3.11. The number of ether oxygens (including phenoxy) is 1. The molecule has 3 rings (SSSR count). The third kappa shape index (κ3) is 4.73. The number of anilines is 1. The lowest BCUT2D eigenvalue weighted by Gasteiger charge is -2.35. The summed E-state index contributed by atoms with van der Waals surface area (Å²) in [5, 5.41) is 9.06. The van der Waals surface area contributed by atoms with E-state index in [0.29, 0.717) is 44.2 Å². The van der Waals surface area contributed by atoms with Crippen LogP contribution < -0.4 is 9.64 Å². The minimum atomic E-state index is 0.161. The molecular weight excluding hydrogens is 342 g/mol. The lowest BCUT2D eigenvalue weighted by atomic mass is 10.1. The molecule has 1 amide bonds. The van der Waals surface area contributed by atoms with Crippen LogP contribution in [-0.4, -0.2) is 54.1 Å². The number of nitriles is 1. The Morgan fingerprint density at radius 2 is 1.89 bits per heavy atom. The predicted molar refractivity (Wildman–Crippen MR) is 102 cm³/mol. The minimum absolute atomic E-state index is 0.161. The maximum atomic E-state index is 12.5. The number of hydrogen-bond acceptors (Lipinski definition) is 6. The first-order chi connectivity index (χ1) is 13.1. The van der Waals surface area contributed by atoms with Crippen molar-refractivity contribution in [2.24, 2.45) is 0 Å². The molecule has 0 radical (unpaired) electrons. The van der Waals surface area contributed by atoms with E-state index >= 15 is 0 Å². The van der Waals surface area contributed by atoms with Crippen LogP contribution in [0.15, 0.2) is 30.3 Å². The molecule has 0 saturated carbocycles. The minimum Gasteiger partial charge on any atom is -0.497 e. The number of nitrogens with zero attached hydrogens (tertiary/aromatic N) is 5. The van der Waals surface area contributed by atoms with E-state index in [4.69, 9.17) is 10.00 Å². The van der Waals surface area contributed by atoms with Gasteiger partial charge in [-0.15, -0.1) is 0 Å². The Kier molecular flexibility index (Phi) is 5.87. The van der Waals surface area contributed by atoms with E-state index in [1.54, 1.807) is 13.2 Å². The standard InChI is InChI=1S/C20H23N5O2/c1-15-13-17(14-21)23-20(22-15)25-11-9-24(10-12-25)19(26)8-5-16-3-6-18(27-2)7-4-16/h3-4,6-7,13H,5,8-12H2,1-2H3. The van der Waals surface area contributed by atoms with E-state index in [2.05, 4.69) is 16.0 Å². The van der Waals surface area contributed by atoms with E-state index in [9.17, 15) is 4.79 Å². The van der Waals surface area contributed by atoms with Crippen LogP contribution in [0.1, 0.15) is 23.4 Å². The summed E-state index contributed by atoms with van der Waals surface area (Å²) in [6.07, 6.45) is 1.21. The topological polar surface area (TPSA) is 82.4 Å². The molecule has 1 aromatic heterocycles. The Morgan fingerprint density at radius 1 is 1.19 bits per heavy atom. The van der Waals surface area contributed by atoms with Gasteiger partial charge in [0.15, 0.2) is 0 Å². The van der Waals surface area contributed by atoms with Gasteiger partial charge in [0.1, 0.15) is 17.5 Å². The first kappa shape index (κ1) is 18.6. The zero-order chi connectivity index (χ0) is 19.2. The highest BCUT2D eigenvalue weighted by Gasteiger charge is 2.22. The predicted octanol–water partition coefficient (Wildman–Crippen LogP) is 1.95. The van der Waals surface area contributed by atoms with Crippen LogP contribution in [0.2, 0.25) is 0 Å². The van der Waals surface area contributed by atoms with E-state index in [-0.39, 0.29) is 5.91 Å². The number of methoxy groups -OCH3 is 1. The molecule has 1 aliphatic heterocycles. The highest BCUT2D eigenvalue weighted by molar-refractivity contribution is 5.76. The van der Waals surface area contributed by atoms with Crippen LogP contribution in [0.3, 0.4) is 0 Å². The second-order valence-corrected chi connectivity index (χ2v) is 6.52. The molecule has 7 heteroatoms. The van der Waals surface area contributed by atoms with Gasteiger partial charge in [-0.2, -0.15) is 5.26 Å². The summed E-state index contributed by atoms with van der Waals surface area (Å²) in [6.45, 7) is 4.47.